The zero-order valence-corrected chi connectivity index (χ0v) is 7.71. The SMILES string of the molecule is O=C(O)C(F)(F)CN1CCCOCC1. The van der Waals surface area contributed by atoms with E-state index in [0.29, 0.717) is 32.7 Å². The molecule has 1 aliphatic heterocycles. The van der Waals surface area contributed by atoms with Gasteiger partial charge in [0.05, 0.1) is 13.2 Å². The lowest BCUT2D eigenvalue weighted by atomic mass is 10.3. The minimum Gasteiger partial charge on any atom is -0.477 e. The number of aliphatic carboxylic acids is 1. The Labute approximate surface area is 80.4 Å². The fraction of sp³-hybridized carbons (Fsp3) is 0.875. The van der Waals surface area contributed by atoms with Gasteiger partial charge in [-0.3, -0.25) is 4.90 Å². The predicted molar refractivity (Wildman–Crippen MR) is 44.5 cm³/mol. The van der Waals surface area contributed by atoms with Gasteiger partial charge < -0.3 is 9.84 Å². The number of hydrogen-bond donors (Lipinski definition) is 1. The van der Waals surface area contributed by atoms with Crippen LogP contribution in [0.4, 0.5) is 8.78 Å². The van der Waals surface area contributed by atoms with E-state index in [4.69, 9.17) is 9.84 Å². The van der Waals surface area contributed by atoms with E-state index >= 15 is 0 Å². The van der Waals surface area contributed by atoms with Crippen molar-refractivity contribution in [2.45, 2.75) is 12.3 Å². The predicted octanol–water partition coefficient (Wildman–Crippen LogP) is 0.429. The summed E-state index contributed by atoms with van der Waals surface area (Å²) >= 11 is 0. The Hall–Kier alpha value is -0.750. The summed E-state index contributed by atoms with van der Waals surface area (Å²) in [5.41, 5.74) is 0. The Bertz CT molecular complexity index is 203. The molecule has 14 heavy (non-hydrogen) atoms. The van der Waals surface area contributed by atoms with Gasteiger partial charge >= 0.3 is 11.9 Å². The van der Waals surface area contributed by atoms with E-state index < -0.39 is 18.4 Å². The molecule has 4 nitrogen and oxygen atoms in total. The average Bonchev–Trinajstić information content (AvgIpc) is 2.32. The number of carboxylic acid groups (broad SMARTS) is 1. The van der Waals surface area contributed by atoms with Gasteiger partial charge in [-0.2, -0.15) is 8.78 Å². The Morgan fingerprint density at radius 2 is 2.14 bits per heavy atom. The van der Waals surface area contributed by atoms with Gasteiger partial charge in [-0.15, -0.1) is 0 Å². The smallest absolute Gasteiger partial charge is 0.375 e. The second kappa shape index (κ2) is 4.65. The number of hydrogen-bond acceptors (Lipinski definition) is 3. The molecule has 1 heterocycles. The molecule has 0 bridgehead atoms. The molecule has 0 saturated carbocycles. The van der Waals surface area contributed by atoms with E-state index in [1.54, 1.807) is 0 Å². The molecule has 0 aromatic heterocycles. The van der Waals surface area contributed by atoms with Crippen molar-refractivity contribution in [1.29, 1.82) is 0 Å². The highest BCUT2D eigenvalue weighted by Gasteiger charge is 2.40. The first kappa shape index (κ1) is 11.3. The van der Waals surface area contributed by atoms with Crippen LogP contribution >= 0.6 is 0 Å². The molecule has 0 unspecified atom stereocenters. The molecule has 1 rings (SSSR count). The van der Waals surface area contributed by atoms with E-state index in [9.17, 15) is 13.6 Å². The maximum Gasteiger partial charge on any atom is 0.375 e. The molecule has 82 valence electrons. The molecule has 0 spiro atoms. The van der Waals surface area contributed by atoms with Crippen LogP contribution in [-0.2, 0) is 9.53 Å². The first-order valence-corrected chi connectivity index (χ1v) is 4.44. The molecular formula is C8H13F2NO3. The summed E-state index contributed by atoms with van der Waals surface area (Å²) in [5.74, 6) is -5.73. The molecule has 6 heteroatoms. The summed E-state index contributed by atoms with van der Waals surface area (Å²) in [6.45, 7) is 1.03. The average molecular weight is 209 g/mol. The fourth-order valence-corrected chi connectivity index (χ4v) is 1.30. The van der Waals surface area contributed by atoms with Crippen molar-refractivity contribution in [2.24, 2.45) is 0 Å². The van der Waals surface area contributed by atoms with Gasteiger partial charge in [0, 0.05) is 19.7 Å². The molecule has 0 aromatic carbocycles. The Morgan fingerprint density at radius 3 is 2.79 bits per heavy atom. The maximum absolute atomic E-state index is 12.8. The first-order valence-electron chi connectivity index (χ1n) is 4.44. The van der Waals surface area contributed by atoms with Crippen LogP contribution in [0.15, 0.2) is 0 Å². The molecule has 1 N–H and O–H groups in total. The first-order chi connectivity index (χ1) is 6.52. The summed E-state index contributed by atoms with van der Waals surface area (Å²) in [6.07, 6.45) is 0.662. The zero-order valence-electron chi connectivity index (χ0n) is 7.71. The second-order valence-corrected chi connectivity index (χ2v) is 3.25. The molecule has 0 atom stereocenters. The quantitative estimate of drug-likeness (QED) is 0.732. The fourth-order valence-electron chi connectivity index (χ4n) is 1.30. The Kier molecular flexibility index (Phi) is 3.77. The molecule has 1 saturated heterocycles. The molecule has 0 aliphatic carbocycles. The van der Waals surface area contributed by atoms with Gasteiger partial charge in [0.1, 0.15) is 0 Å². The lowest BCUT2D eigenvalue weighted by Gasteiger charge is -2.22. The number of ether oxygens (including phenoxy) is 1. The van der Waals surface area contributed by atoms with Crippen LogP contribution in [0.2, 0.25) is 0 Å². The van der Waals surface area contributed by atoms with Crippen LogP contribution in [0.5, 0.6) is 0 Å². The lowest BCUT2D eigenvalue weighted by molar-refractivity contribution is -0.167. The lowest BCUT2D eigenvalue weighted by Crippen LogP contribution is -2.43. The van der Waals surface area contributed by atoms with E-state index in [-0.39, 0.29) is 0 Å². The molecular weight excluding hydrogens is 196 g/mol. The highest BCUT2D eigenvalue weighted by molar-refractivity contribution is 5.75. The third-order valence-electron chi connectivity index (χ3n) is 2.05. The number of alkyl halides is 2. The molecule has 0 amide bonds. The van der Waals surface area contributed by atoms with E-state index in [1.807, 2.05) is 0 Å². The summed E-state index contributed by atoms with van der Waals surface area (Å²) in [6, 6.07) is 0. The van der Waals surface area contributed by atoms with Gasteiger partial charge in [-0.25, -0.2) is 4.79 Å². The standard InChI is InChI=1S/C8H13F2NO3/c9-8(10,7(12)13)6-11-2-1-4-14-5-3-11/h1-6H2,(H,12,13). The number of halogens is 2. The van der Waals surface area contributed by atoms with Crippen LogP contribution in [0.1, 0.15) is 6.42 Å². The number of nitrogens with zero attached hydrogens (tertiary/aromatic N) is 1. The van der Waals surface area contributed by atoms with Gasteiger partial charge in [-0.05, 0) is 6.42 Å². The van der Waals surface area contributed by atoms with Crippen LogP contribution in [0.3, 0.4) is 0 Å². The highest BCUT2D eigenvalue weighted by atomic mass is 19.3. The van der Waals surface area contributed by atoms with Crippen molar-refractivity contribution in [1.82, 2.24) is 4.90 Å². The largest absolute Gasteiger partial charge is 0.477 e. The van der Waals surface area contributed by atoms with Crippen LogP contribution in [0.25, 0.3) is 0 Å². The number of carboxylic acids is 1. The van der Waals surface area contributed by atoms with Gasteiger partial charge in [0.15, 0.2) is 0 Å². The Balaban J connectivity index is 2.45. The van der Waals surface area contributed by atoms with Gasteiger partial charge in [-0.1, -0.05) is 0 Å². The zero-order chi connectivity index (χ0) is 10.6. The van der Waals surface area contributed by atoms with Crippen molar-refractivity contribution in [2.75, 3.05) is 32.8 Å². The van der Waals surface area contributed by atoms with Gasteiger partial charge in [0.2, 0.25) is 0 Å². The summed E-state index contributed by atoms with van der Waals surface area (Å²) in [5, 5.41) is 8.23. The maximum atomic E-state index is 12.8. The van der Waals surface area contributed by atoms with Gasteiger partial charge in [0.25, 0.3) is 0 Å². The normalized spacial score (nSPS) is 20.4. The van der Waals surface area contributed by atoms with Crippen molar-refractivity contribution < 1.29 is 23.4 Å². The summed E-state index contributed by atoms with van der Waals surface area (Å²) in [7, 11) is 0. The van der Waals surface area contributed by atoms with Crippen LogP contribution in [0, 0.1) is 0 Å². The topological polar surface area (TPSA) is 49.8 Å². The van der Waals surface area contributed by atoms with E-state index in [0.717, 1.165) is 0 Å². The number of rotatable bonds is 3. The highest BCUT2D eigenvalue weighted by Crippen LogP contribution is 2.16. The van der Waals surface area contributed by atoms with E-state index in [1.165, 1.54) is 4.90 Å². The van der Waals surface area contributed by atoms with Crippen molar-refractivity contribution in [3.8, 4) is 0 Å². The van der Waals surface area contributed by atoms with Crippen molar-refractivity contribution in [3.63, 3.8) is 0 Å². The Morgan fingerprint density at radius 1 is 1.43 bits per heavy atom. The summed E-state index contributed by atoms with van der Waals surface area (Å²) < 4.78 is 30.6. The van der Waals surface area contributed by atoms with Crippen molar-refractivity contribution >= 4 is 5.97 Å². The van der Waals surface area contributed by atoms with Crippen molar-refractivity contribution in [3.05, 3.63) is 0 Å². The molecule has 1 fully saturated rings. The van der Waals surface area contributed by atoms with E-state index in [2.05, 4.69) is 0 Å². The monoisotopic (exact) mass is 209 g/mol. The van der Waals surface area contributed by atoms with Crippen LogP contribution in [-0.4, -0.2) is 54.7 Å². The third-order valence-corrected chi connectivity index (χ3v) is 2.05. The molecule has 0 aromatic rings. The summed E-state index contributed by atoms with van der Waals surface area (Å²) in [4.78, 5) is 11.6. The second-order valence-electron chi connectivity index (χ2n) is 3.25. The van der Waals surface area contributed by atoms with Crippen LogP contribution < -0.4 is 0 Å². The third kappa shape index (κ3) is 3.19. The minimum atomic E-state index is -3.66. The minimum absolute atomic E-state index is 0.364. The molecule has 0 radical (unpaired) electrons. The number of carbonyl (C=O) groups is 1. The molecule has 1 aliphatic rings.